The zero-order valence-corrected chi connectivity index (χ0v) is 18.2. The number of imidazole rings is 1. The lowest BCUT2D eigenvalue weighted by Gasteiger charge is -2.13. The van der Waals surface area contributed by atoms with Crippen LogP contribution in [0.2, 0.25) is 5.02 Å². The molecule has 0 aliphatic carbocycles. The molecule has 0 amide bonds. The second kappa shape index (κ2) is 9.23. The molecule has 0 radical (unpaired) electrons. The smallest absolute Gasteiger partial charge is 0.337 e. The van der Waals surface area contributed by atoms with Crippen LogP contribution < -0.4 is 11.2 Å². The summed E-state index contributed by atoms with van der Waals surface area (Å²) in [6.45, 7) is 1.92. The minimum atomic E-state index is -0.512. The average Bonchev–Trinajstić information content (AvgIpc) is 3.19. The topological polar surface area (TPSA) is 88.1 Å². The van der Waals surface area contributed by atoms with Gasteiger partial charge in [-0.25, -0.2) is 14.3 Å². The zero-order chi connectivity index (χ0) is 22.7. The van der Waals surface area contributed by atoms with Gasteiger partial charge in [0.15, 0.2) is 11.2 Å². The maximum atomic E-state index is 13.4. The fourth-order valence-corrected chi connectivity index (χ4v) is 3.68. The molecule has 4 rings (SSSR count). The maximum absolute atomic E-state index is 13.4. The molecule has 0 aliphatic heterocycles. The fraction of sp³-hybridized carbons (Fsp3) is 0.217. The molecule has 0 saturated heterocycles. The molecule has 4 aromatic rings. The number of aromatic nitrogens is 4. The highest BCUT2D eigenvalue weighted by molar-refractivity contribution is 6.30. The molecule has 0 atom stereocenters. The van der Waals surface area contributed by atoms with Crippen LogP contribution in [-0.4, -0.2) is 31.3 Å². The van der Waals surface area contributed by atoms with E-state index in [1.165, 1.54) is 20.0 Å². The van der Waals surface area contributed by atoms with E-state index in [0.29, 0.717) is 17.1 Å². The van der Waals surface area contributed by atoms with Gasteiger partial charge in [-0.2, -0.15) is 0 Å². The highest BCUT2D eigenvalue weighted by Gasteiger charge is 2.20. The van der Waals surface area contributed by atoms with Crippen molar-refractivity contribution in [3.05, 3.63) is 92.3 Å². The summed E-state index contributed by atoms with van der Waals surface area (Å²) in [6.07, 6.45) is 1.87. The summed E-state index contributed by atoms with van der Waals surface area (Å²) in [7, 11) is 0. The normalized spacial score (nSPS) is 11.1. The van der Waals surface area contributed by atoms with Gasteiger partial charge in [-0.1, -0.05) is 41.9 Å². The summed E-state index contributed by atoms with van der Waals surface area (Å²) in [5, 5.41) is 0.517. The van der Waals surface area contributed by atoms with E-state index in [2.05, 4.69) is 4.98 Å². The van der Waals surface area contributed by atoms with Gasteiger partial charge in [-0.15, -0.1) is 0 Å². The number of hydrogen-bond donors (Lipinski definition) is 0. The molecule has 0 fully saturated rings. The van der Waals surface area contributed by atoms with Crippen LogP contribution in [0.15, 0.2) is 70.5 Å². The number of nitrogens with zero attached hydrogens (tertiary/aromatic N) is 4. The summed E-state index contributed by atoms with van der Waals surface area (Å²) in [4.78, 5) is 43.1. The Balaban J connectivity index is 1.89. The minimum Gasteiger partial charge on any atom is -0.465 e. The molecule has 9 heteroatoms. The number of carbonyl (C=O) groups is 1. The first-order chi connectivity index (χ1) is 15.5. The summed E-state index contributed by atoms with van der Waals surface area (Å²) in [6, 6.07) is 16.3. The van der Waals surface area contributed by atoms with Crippen LogP contribution in [0.4, 0.5) is 0 Å². The standard InChI is InChI=1S/C23H21ClN4O4/c1-2-32-19(29)14-26-15-25-21-20(26)22(30)27(13-12-16-6-4-3-5-7-16)23(31)28(21)18-10-8-17(24)9-11-18/h3-11,15H,2,12-14H2,1H3. The highest BCUT2D eigenvalue weighted by atomic mass is 35.5. The minimum absolute atomic E-state index is 0.153. The Morgan fingerprint density at radius 3 is 2.47 bits per heavy atom. The van der Waals surface area contributed by atoms with E-state index in [0.717, 1.165) is 5.56 Å². The first kappa shape index (κ1) is 21.6. The van der Waals surface area contributed by atoms with E-state index >= 15 is 0 Å². The van der Waals surface area contributed by atoms with E-state index in [-0.39, 0.29) is 30.9 Å². The van der Waals surface area contributed by atoms with Crippen molar-refractivity contribution in [1.82, 2.24) is 18.7 Å². The molecule has 0 N–H and O–H groups in total. The third kappa shape index (κ3) is 4.22. The van der Waals surface area contributed by atoms with E-state index in [4.69, 9.17) is 16.3 Å². The Hall–Kier alpha value is -3.65. The second-order valence-corrected chi connectivity index (χ2v) is 7.57. The van der Waals surface area contributed by atoms with Gasteiger partial charge in [-0.05, 0) is 43.2 Å². The second-order valence-electron chi connectivity index (χ2n) is 7.14. The summed E-state index contributed by atoms with van der Waals surface area (Å²) >= 11 is 6.01. The summed E-state index contributed by atoms with van der Waals surface area (Å²) in [5.74, 6) is -0.494. The van der Waals surface area contributed by atoms with Gasteiger partial charge in [0.1, 0.15) is 6.54 Å². The van der Waals surface area contributed by atoms with Crippen molar-refractivity contribution in [2.75, 3.05) is 6.61 Å². The van der Waals surface area contributed by atoms with Crippen molar-refractivity contribution >= 4 is 28.7 Å². The molecule has 32 heavy (non-hydrogen) atoms. The Morgan fingerprint density at radius 2 is 1.78 bits per heavy atom. The number of rotatable bonds is 7. The molecule has 0 bridgehead atoms. The quantitative estimate of drug-likeness (QED) is 0.402. The molecule has 2 aromatic heterocycles. The van der Waals surface area contributed by atoms with Crippen molar-refractivity contribution < 1.29 is 9.53 Å². The summed E-state index contributed by atoms with van der Waals surface area (Å²) < 4.78 is 8.96. The Bertz CT molecular complexity index is 1370. The number of benzene rings is 2. The van der Waals surface area contributed by atoms with E-state index < -0.39 is 17.2 Å². The van der Waals surface area contributed by atoms with Crippen LogP contribution in [0.25, 0.3) is 16.9 Å². The lowest BCUT2D eigenvalue weighted by Crippen LogP contribution is -2.40. The Labute approximate surface area is 188 Å². The van der Waals surface area contributed by atoms with E-state index in [1.807, 2.05) is 30.3 Å². The maximum Gasteiger partial charge on any atom is 0.337 e. The van der Waals surface area contributed by atoms with Gasteiger partial charge in [0.05, 0.1) is 18.6 Å². The first-order valence-corrected chi connectivity index (χ1v) is 10.5. The van der Waals surface area contributed by atoms with Gasteiger partial charge >= 0.3 is 11.7 Å². The number of esters is 1. The van der Waals surface area contributed by atoms with Crippen LogP contribution in [-0.2, 0) is 29.0 Å². The Morgan fingerprint density at radius 1 is 1.06 bits per heavy atom. The monoisotopic (exact) mass is 452 g/mol. The zero-order valence-electron chi connectivity index (χ0n) is 17.4. The number of aryl methyl sites for hydroxylation is 1. The van der Waals surface area contributed by atoms with Crippen molar-refractivity contribution in [2.45, 2.75) is 26.4 Å². The van der Waals surface area contributed by atoms with E-state index in [9.17, 15) is 14.4 Å². The van der Waals surface area contributed by atoms with Gasteiger partial charge in [0, 0.05) is 11.6 Å². The Kier molecular flexibility index (Phi) is 6.23. The number of halogens is 1. The fourth-order valence-electron chi connectivity index (χ4n) is 3.55. The largest absolute Gasteiger partial charge is 0.465 e. The molecule has 2 heterocycles. The number of ether oxygens (including phenoxy) is 1. The molecular weight excluding hydrogens is 432 g/mol. The molecule has 2 aromatic carbocycles. The van der Waals surface area contributed by atoms with Gasteiger partial charge in [0.2, 0.25) is 0 Å². The average molecular weight is 453 g/mol. The van der Waals surface area contributed by atoms with Crippen molar-refractivity contribution in [2.24, 2.45) is 0 Å². The van der Waals surface area contributed by atoms with E-state index in [1.54, 1.807) is 31.2 Å². The lowest BCUT2D eigenvalue weighted by atomic mass is 10.1. The van der Waals surface area contributed by atoms with Crippen molar-refractivity contribution in [1.29, 1.82) is 0 Å². The molecule has 164 valence electrons. The van der Waals surface area contributed by atoms with Crippen molar-refractivity contribution in [3.8, 4) is 5.69 Å². The van der Waals surface area contributed by atoms with Crippen LogP contribution in [0, 0.1) is 0 Å². The SMILES string of the molecule is CCOC(=O)Cn1cnc2c1c(=O)n(CCc1ccccc1)c(=O)n2-c1ccc(Cl)cc1. The van der Waals surface area contributed by atoms with Crippen LogP contribution in [0.5, 0.6) is 0 Å². The molecular formula is C23H21ClN4O4. The first-order valence-electron chi connectivity index (χ1n) is 10.2. The third-order valence-corrected chi connectivity index (χ3v) is 5.31. The van der Waals surface area contributed by atoms with Crippen LogP contribution in [0.1, 0.15) is 12.5 Å². The summed E-state index contributed by atoms with van der Waals surface area (Å²) in [5.41, 5.74) is 0.814. The molecule has 8 nitrogen and oxygen atoms in total. The number of fused-ring (bicyclic) bond motifs is 1. The third-order valence-electron chi connectivity index (χ3n) is 5.06. The molecule has 0 saturated carbocycles. The predicted molar refractivity (Wildman–Crippen MR) is 121 cm³/mol. The molecule has 0 spiro atoms. The predicted octanol–water partition coefficient (Wildman–Crippen LogP) is 2.81. The number of carbonyl (C=O) groups excluding carboxylic acids is 1. The van der Waals surface area contributed by atoms with Crippen molar-refractivity contribution in [3.63, 3.8) is 0 Å². The van der Waals surface area contributed by atoms with Gasteiger partial charge in [-0.3, -0.25) is 14.2 Å². The van der Waals surface area contributed by atoms with Crippen LogP contribution in [0.3, 0.4) is 0 Å². The van der Waals surface area contributed by atoms with Crippen LogP contribution >= 0.6 is 11.6 Å². The lowest BCUT2D eigenvalue weighted by molar-refractivity contribution is -0.143. The molecule has 0 aliphatic rings. The highest BCUT2D eigenvalue weighted by Crippen LogP contribution is 2.16. The molecule has 0 unspecified atom stereocenters. The number of hydrogen-bond acceptors (Lipinski definition) is 5. The van der Waals surface area contributed by atoms with Gasteiger partial charge in [0.25, 0.3) is 5.56 Å². The van der Waals surface area contributed by atoms with Gasteiger partial charge < -0.3 is 9.30 Å².